The van der Waals surface area contributed by atoms with E-state index in [1.54, 1.807) is 4.90 Å². The number of guanidine groups is 1. The predicted octanol–water partition coefficient (Wildman–Crippen LogP) is 1.75. The lowest BCUT2D eigenvalue weighted by atomic mass is 9.88. The Morgan fingerprint density at radius 1 is 1.33 bits per heavy atom. The standard InChI is InChI=1S/C23H32N4O3/c1-4-23(5-2)11-18(29)27(22(24)26-23)12-16-13(3)19(16)21(30)25-20-15-9-7-6-8-14(15)10-17(20)28/h6-9,13,16-17,19-20,28H,4-5,10-12H2,1-3H3,(H2,24,26)(H,25,30)/t13?,16-,17-,19-,20-/m1/s1. The summed E-state index contributed by atoms with van der Waals surface area (Å²) in [6, 6.07) is 7.45. The van der Waals surface area contributed by atoms with Crippen molar-refractivity contribution in [3.05, 3.63) is 35.4 Å². The minimum absolute atomic E-state index is 0.00963. The number of nitrogens with two attached hydrogens (primary N) is 1. The van der Waals surface area contributed by atoms with Gasteiger partial charge < -0.3 is 16.2 Å². The summed E-state index contributed by atoms with van der Waals surface area (Å²) < 4.78 is 0. The number of benzene rings is 1. The molecule has 1 aliphatic heterocycles. The summed E-state index contributed by atoms with van der Waals surface area (Å²) in [5, 5.41) is 13.5. The normalized spacial score (nSPS) is 31.9. The summed E-state index contributed by atoms with van der Waals surface area (Å²) >= 11 is 0. The molecule has 0 radical (unpaired) electrons. The van der Waals surface area contributed by atoms with Crippen LogP contribution in [0, 0.1) is 17.8 Å². The number of carbonyl (C=O) groups is 2. The molecule has 5 atom stereocenters. The average Bonchev–Trinajstić information content (AvgIpc) is 3.26. The highest BCUT2D eigenvalue weighted by molar-refractivity contribution is 5.99. The van der Waals surface area contributed by atoms with E-state index < -0.39 is 11.6 Å². The van der Waals surface area contributed by atoms with Crippen LogP contribution in [0.2, 0.25) is 0 Å². The van der Waals surface area contributed by atoms with E-state index in [2.05, 4.69) is 10.3 Å². The number of nitrogens with zero attached hydrogens (tertiary/aromatic N) is 2. The van der Waals surface area contributed by atoms with Gasteiger partial charge in [0.2, 0.25) is 11.8 Å². The van der Waals surface area contributed by atoms with E-state index in [0.29, 0.717) is 19.4 Å². The molecule has 1 aromatic carbocycles. The Bertz CT molecular complexity index is 879. The lowest BCUT2D eigenvalue weighted by Crippen LogP contribution is -2.52. The van der Waals surface area contributed by atoms with Crippen LogP contribution in [0.5, 0.6) is 0 Å². The van der Waals surface area contributed by atoms with Gasteiger partial charge in [-0.1, -0.05) is 45.0 Å². The highest BCUT2D eigenvalue weighted by atomic mass is 16.3. The Morgan fingerprint density at radius 3 is 2.70 bits per heavy atom. The molecule has 2 amide bonds. The molecule has 7 heteroatoms. The molecule has 1 heterocycles. The second kappa shape index (κ2) is 7.69. The minimum atomic E-state index is -0.610. The van der Waals surface area contributed by atoms with Crippen LogP contribution < -0.4 is 11.1 Å². The monoisotopic (exact) mass is 412 g/mol. The van der Waals surface area contributed by atoms with Gasteiger partial charge in [-0.15, -0.1) is 0 Å². The molecule has 1 fully saturated rings. The highest BCUT2D eigenvalue weighted by Gasteiger charge is 2.54. The van der Waals surface area contributed by atoms with Gasteiger partial charge in [0.05, 0.1) is 24.1 Å². The van der Waals surface area contributed by atoms with Crippen molar-refractivity contribution in [2.24, 2.45) is 28.5 Å². The SMILES string of the molecule is CCC1(CC)CC(=O)N(C[C@@H]2C(C)[C@H]2C(=O)N[C@@H]2c3ccccc3C[C@H]2O)C(N)=N1. The van der Waals surface area contributed by atoms with Crippen LogP contribution in [0.15, 0.2) is 29.3 Å². The molecule has 162 valence electrons. The molecule has 4 N–H and O–H groups in total. The lowest BCUT2D eigenvalue weighted by Gasteiger charge is -2.36. The van der Waals surface area contributed by atoms with Crippen molar-refractivity contribution in [1.29, 1.82) is 0 Å². The second-order valence-electron chi connectivity index (χ2n) is 9.09. The van der Waals surface area contributed by atoms with E-state index in [1.807, 2.05) is 45.0 Å². The molecule has 2 aliphatic carbocycles. The van der Waals surface area contributed by atoms with Crippen molar-refractivity contribution in [1.82, 2.24) is 10.2 Å². The summed E-state index contributed by atoms with van der Waals surface area (Å²) in [6.07, 6.45) is 1.86. The molecular formula is C23H32N4O3. The molecule has 0 spiro atoms. The number of nitrogens with one attached hydrogen (secondary N) is 1. The number of amides is 2. The van der Waals surface area contributed by atoms with E-state index >= 15 is 0 Å². The third-order valence-corrected chi connectivity index (χ3v) is 7.49. The fourth-order valence-electron chi connectivity index (χ4n) is 5.17. The van der Waals surface area contributed by atoms with Gasteiger partial charge in [0.15, 0.2) is 5.96 Å². The van der Waals surface area contributed by atoms with Crippen LogP contribution in [-0.4, -0.2) is 46.0 Å². The van der Waals surface area contributed by atoms with Gasteiger partial charge in [0, 0.05) is 18.9 Å². The van der Waals surface area contributed by atoms with Gasteiger partial charge in [-0.05, 0) is 35.8 Å². The number of fused-ring (bicyclic) bond motifs is 1. The first-order valence-corrected chi connectivity index (χ1v) is 11.0. The summed E-state index contributed by atoms with van der Waals surface area (Å²) in [7, 11) is 0. The summed E-state index contributed by atoms with van der Waals surface area (Å²) in [6.45, 7) is 6.50. The topological polar surface area (TPSA) is 108 Å². The summed E-state index contributed by atoms with van der Waals surface area (Å²) in [5.74, 6) is 0.216. The van der Waals surface area contributed by atoms with Crippen molar-refractivity contribution in [2.45, 2.75) is 64.1 Å². The maximum absolute atomic E-state index is 13.0. The molecule has 0 aromatic heterocycles. The molecule has 4 rings (SSSR count). The van der Waals surface area contributed by atoms with E-state index in [9.17, 15) is 14.7 Å². The fourth-order valence-corrected chi connectivity index (χ4v) is 5.17. The van der Waals surface area contributed by atoms with Crippen molar-refractivity contribution in [2.75, 3.05) is 6.54 Å². The Kier molecular flexibility index (Phi) is 5.34. The van der Waals surface area contributed by atoms with E-state index in [-0.39, 0.29) is 41.6 Å². The third-order valence-electron chi connectivity index (χ3n) is 7.49. The number of hydrogen-bond donors (Lipinski definition) is 3. The smallest absolute Gasteiger partial charge is 0.231 e. The zero-order valence-electron chi connectivity index (χ0n) is 18.0. The average molecular weight is 413 g/mol. The van der Waals surface area contributed by atoms with E-state index in [1.165, 1.54) is 0 Å². The van der Waals surface area contributed by atoms with Gasteiger partial charge in [-0.25, -0.2) is 4.99 Å². The molecule has 0 saturated heterocycles. The Labute approximate surface area is 177 Å². The largest absolute Gasteiger partial charge is 0.390 e. The minimum Gasteiger partial charge on any atom is -0.390 e. The number of hydrogen-bond acceptors (Lipinski definition) is 5. The first kappa shape index (κ1) is 20.8. The predicted molar refractivity (Wildman–Crippen MR) is 114 cm³/mol. The van der Waals surface area contributed by atoms with Gasteiger partial charge in [-0.2, -0.15) is 0 Å². The van der Waals surface area contributed by atoms with Gasteiger partial charge in [0.1, 0.15) is 0 Å². The maximum Gasteiger partial charge on any atom is 0.231 e. The molecular weight excluding hydrogens is 380 g/mol. The zero-order chi connectivity index (χ0) is 21.6. The van der Waals surface area contributed by atoms with Gasteiger partial charge in [0.25, 0.3) is 0 Å². The molecule has 1 saturated carbocycles. The Morgan fingerprint density at radius 2 is 2.03 bits per heavy atom. The first-order chi connectivity index (χ1) is 14.3. The number of aliphatic hydroxyl groups is 1. The number of rotatable bonds is 6. The fraction of sp³-hybridized carbons (Fsp3) is 0.609. The van der Waals surface area contributed by atoms with Gasteiger partial charge in [-0.3, -0.25) is 14.5 Å². The second-order valence-corrected chi connectivity index (χ2v) is 9.09. The first-order valence-electron chi connectivity index (χ1n) is 11.0. The van der Waals surface area contributed by atoms with Crippen LogP contribution in [0.25, 0.3) is 0 Å². The van der Waals surface area contributed by atoms with Gasteiger partial charge >= 0.3 is 0 Å². The highest BCUT2D eigenvalue weighted by Crippen LogP contribution is 2.47. The Hall–Kier alpha value is -2.41. The van der Waals surface area contributed by atoms with Crippen LogP contribution in [-0.2, 0) is 16.0 Å². The molecule has 1 aromatic rings. The van der Waals surface area contributed by atoms with Crippen molar-refractivity contribution in [3.8, 4) is 0 Å². The van der Waals surface area contributed by atoms with Crippen LogP contribution in [0.4, 0.5) is 0 Å². The quantitative estimate of drug-likeness (QED) is 0.661. The Balaban J connectivity index is 1.41. The zero-order valence-corrected chi connectivity index (χ0v) is 18.0. The van der Waals surface area contributed by atoms with E-state index in [4.69, 9.17) is 5.73 Å². The summed E-state index contributed by atoms with van der Waals surface area (Å²) in [4.78, 5) is 31.9. The molecule has 7 nitrogen and oxygen atoms in total. The van der Waals surface area contributed by atoms with E-state index in [0.717, 1.165) is 24.0 Å². The van der Waals surface area contributed by atoms with Crippen molar-refractivity contribution >= 4 is 17.8 Å². The summed E-state index contributed by atoms with van der Waals surface area (Å²) in [5.41, 5.74) is 7.84. The maximum atomic E-state index is 13.0. The molecule has 1 unspecified atom stereocenters. The van der Waals surface area contributed by atoms with Crippen molar-refractivity contribution < 1.29 is 14.7 Å². The van der Waals surface area contributed by atoms with Crippen LogP contribution in [0.1, 0.15) is 57.2 Å². The molecule has 0 bridgehead atoms. The number of aliphatic hydroxyl groups excluding tert-OH is 1. The van der Waals surface area contributed by atoms with Crippen molar-refractivity contribution in [3.63, 3.8) is 0 Å². The number of carbonyl (C=O) groups excluding carboxylic acids is 2. The van der Waals surface area contributed by atoms with Crippen LogP contribution in [0.3, 0.4) is 0 Å². The molecule has 3 aliphatic rings. The van der Waals surface area contributed by atoms with Crippen LogP contribution >= 0.6 is 0 Å². The lowest BCUT2D eigenvalue weighted by molar-refractivity contribution is -0.130. The molecule has 30 heavy (non-hydrogen) atoms. The number of aliphatic imine (C=N–C) groups is 1. The third kappa shape index (κ3) is 3.49.